The molecular weight excluding hydrogens is 208 g/mol. The summed E-state index contributed by atoms with van der Waals surface area (Å²) in [6.07, 6.45) is 2.89. The molecule has 1 fully saturated rings. The zero-order valence-electron chi connectivity index (χ0n) is 9.94. The lowest BCUT2D eigenvalue weighted by Gasteiger charge is -2.34. The Bertz CT molecular complexity index is 268. The first kappa shape index (κ1) is 13.0. The predicted molar refractivity (Wildman–Crippen MR) is 59.6 cm³/mol. The average molecular weight is 228 g/mol. The maximum absolute atomic E-state index is 11.5. The summed E-state index contributed by atoms with van der Waals surface area (Å²) < 4.78 is 4.77. The van der Waals surface area contributed by atoms with Crippen LogP contribution in [0.3, 0.4) is 0 Å². The summed E-state index contributed by atoms with van der Waals surface area (Å²) in [6.45, 7) is 3.15. The van der Waals surface area contributed by atoms with Gasteiger partial charge in [0.05, 0.1) is 7.11 Å². The standard InChI is InChI=1S/C11H20N2O3/c1-8(10(12)14)7-13-6-4-3-5-9(13)11(15)16-2/h8-9H,3-7H2,1-2H3,(H2,12,14)/t8?,9-/m1/s1. The number of primary amides is 1. The van der Waals surface area contributed by atoms with E-state index >= 15 is 0 Å². The SMILES string of the molecule is COC(=O)[C@H]1CCCCN1CC(C)C(N)=O. The van der Waals surface area contributed by atoms with E-state index in [0.29, 0.717) is 6.54 Å². The summed E-state index contributed by atoms with van der Waals surface area (Å²) in [5, 5.41) is 0. The molecule has 1 aliphatic heterocycles. The fourth-order valence-electron chi connectivity index (χ4n) is 2.05. The summed E-state index contributed by atoms with van der Waals surface area (Å²) in [4.78, 5) is 24.6. The number of nitrogens with two attached hydrogens (primary N) is 1. The van der Waals surface area contributed by atoms with Crippen molar-refractivity contribution in [3.8, 4) is 0 Å². The zero-order valence-corrected chi connectivity index (χ0v) is 9.94. The van der Waals surface area contributed by atoms with Crippen LogP contribution in [0.4, 0.5) is 0 Å². The van der Waals surface area contributed by atoms with Crippen molar-refractivity contribution in [3.05, 3.63) is 0 Å². The van der Waals surface area contributed by atoms with E-state index in [9.17, 15) is 9.59 Å². The van der Waals surface area contributed by atoms with Gasteiger partial charge in [-0.25, -0.2) is 0 Å². The highest BCUT2D eigenvalue weighted by molar-refractivity contribution is 5.77. The number of ether oxygens (including phenoxy) is 1. The molecule has 5 nitrogen and oxygen atoms in total. The van der Waals surface area contributed by atoms with Crippen LogP contribution < -0.4 is 5.73 Å². The zero-order chi connectivity index (χ0) is 12.1. The van der Waals surface area contributed by atoms with E-state index < -0.39 is 0 Å². The molecule has 1 heterocycles. The van der Waals surface area contributed by atoms with Gasteiger partial charge in [0, 0.05) is 12.5 Å². The molecular formula is C11H20N2O3. The number of hydrogen-bond donors (Lipinski definition) is 1. The number of rotatable bonds is 4. The fourth-order valence-corrected chi connectivity index (χ4v) is 2.05. The summed E-state index contributed by atoms with van der Waals surface area (Å²) >= 11 is 0. The molecule has 0 radical (unpaired) electrons. The van der Waals surface area contributed by atoms with Crippen LogP contribution in [0.15, 0.2) is 0 Å². The van der Waals surface area contributed by atoms with Crippen LogP contribution in [0, 0.1) is 5.92 Å². The predicted octanol–water partition coefficient (Wildman–Crippen LogP) is 0.135. The molecule has 5 heteroatoms. The second-order valence-corrected chi connectivity index (χ2v) is 4.33. The molecule has 1 saturated heterocycles. The Morgan fingerprint density at radius 3 is 2.75 bits per heavy atom. The van der Waals surface area contributed by atoms with Crippen molar-refractivity contribution in [2.24, 2.45) is 11.7 Å². The second-order valence-electron chi connectivity index (χ2n) is 4.33. The van der Waals surface area contributed by atoms with Crippen molar-refractivity contribution in [1.82, 2.24) is 4.90 Å². The minimum absolute atomic E-state index is 0.208. The minimum Gasteiger partial charge on any atom is -0.468 e. The normalized spacial score (nSPS) is 23.8. The van der Waals surface area contributed by atoms with E-state index in [1.54, 1.807) is 6.92 Å². The molecule has 92 valence electrons. The lowest BCUT2D eigenvalue weighted by molar-refractivity contribution is -0.149. The Hall–Kier alpha value is -1.10. The van der Waals surface area contributed by atoms with Crippen molar-refractivity contribution in [1.29, 1.82) is 0 Å². The number of carbonyl (C=O) groups is 2. The van der Waals surface area contributed by atoms with Gasteiger partial charge in [-0.05, 0) is 19.4 Å². The van der Waals surface area contributed by atoms with Crippen LogP contribution in [-0.4, -0.2) is 43.0 Å². The van der Waals surface area contributed by atoms with Crippen molar-refractivity contribution < 1.29 is 14.3 Å². The molecule has 2 atom stereocenters. The number of hydrogen-bond acceptors (Lipinski definition) is 4. The van der Waals surface area contributed by atoms with Gasteiger partial charge in [-0.1, -0.05) is 13.3 Å². The Morgan fingerprint density at radius 2 is 2.19 bits per heavy atom. The van der Waals surface area contributed by atoms with Crippen LogP contribution >= 0.6 is 0 Å². The molecule has 0 aromatic rings. The average Bonchev–Trinajstić information content (AvgIpc) is 2.28. The van der Waals surface area contributed by atoms with Gasteiger partial charge in [-0.15, -0.1) is 0 Å². The highest BCUT2D eigenvalue weighted by Gasteiger charge is 2.30. The molecule has 0 aromatic heterocycles. The van der Waals surface area contributed by atoms with Gasteiger partial charge >= 0.3 is 5.97 Å². The number of nitrogens with zero attached hydrogens (tertiary/aromatic N) is 1. The summed E-state index contributed by atoms with van der Waals surface area (Å²) in [5.74, 6) is -0.768. The smallest absolute Gasteiger partial charge is 0.323 e. The van der Waals surface area contributed by atoms with Crippen molar-refractivity contribution in [3.63, 3.8) is 0 Å². The van der Waals surface area contributed by atoms with Crippen LogP contribution in [0.1, 0.15) is 26.2 Å². The molecule has 0 aliphatic carbocycles. The largest absolute Gasteiger partial charge is 0.468 e. The monoisotopic (exact) mass is 228 g/mol. The summed E-state index contributed by atoms with van der Waals surface area (Å²) in [6, 6.07) is -0.208. The first-order chi connectivity index (χ1) is 7.56. The quantitative estimate of drug-likeness (QED) is 0.694. The van der Waals surface area contributed by atoms with Gasteiger partial charge in [-0.2, -0.15) is 0 Å². The maximum Gasteiger partial charge on any atom is 0.323 e. The molecule has 1 rings (SSSR count). The Balaban J connectivity index is 2.60. The molecule has 1 amide bonds. The van der Waals surface area contributed by atoms with Gasteiger partial charge < -0.3 is 10.5 Å². The van der Waals surface area contributed by atoms with Crippen molar-refractivity contribution in [2.75, 3.05) is 20.2 Å². The maximum atomic E-state index is 11.5. The molecule has 2 N–H and O–H groups in total. The molecule has 0 saturated carbocycles. The lowest BCUT2D eigenvalue weighted by Crippen LogP contribution is -2.48. The third-order valence-electron chi connectivity index (χ3n) is 3.08. The fraction of sp³-hybridized carbons (Fsp3) is 0.818. The number of esters is 1. The highest BCUT2D eigenvalue weighted by atomic mass is 16.5. The van der Waals surface area contributed by atoms with Gasteiger partial charge in [0.2, 0.25) is 5.91 Å². The molecule has 0 bridgehead atoms. The summed E-state index contributed by atoms with van der Waals surface area (Å²) in [5.41, 5.74) is 5.23. The number of likely N-dealkylation sites (tertiary alicyclic amines) is 1. The van der Waals surface area contributed by atoms with Crippen LogP contribution in [0.25, 0.3) is 0 Å². The lowest BCUT2D eigenvalue weighted by atomic mass is 10.00. The number of piperidine rings is 1. The molecule has 0 spiro atoms. The van der Waals surface area contributed by atoms with E-state index in [-0.39, 0.29) is 23.8 Å². The first-order valence-corrected chi connectivity index (χ1v) is 5.67. The Morgan fingerprint density at radius 1 is 1.50 bits per heavy atom. The van der Waals surface area contributed by atoms with E-state index in [2.05, 4.69) is 0 Å². The summed E-state index contributed by atoms with van der Waals surface area (Å²) in [7, 11) is 1.40. The molecule has 0 aromatic carbocycles. The van der Waals surface area contributed by atoms with E-state index in [0.717, 1.165) is 25.8 Å². The van der Waals surface area contributed by atoms with E-state index in [1.807, 2.05) is 4.90 Å². The molecule has 16 heavy (non-hydrogen) atoms. The van der Waals surface area contributed by atoms with Gasteiger partial charge in [0.1, 0.15) is 6.04 Å². The minimum atomic E-state index is -0.325. The first-order valence-electron chi connectivity index (χ1n) is 5.67. The Kier molecular flexibility index (Phi) is 4.73. The third-order valence-corrected chi connectivity index (χ3v) is 3.08. The van der Waals surface area contributed by atoms with Crippen LogP contribution in [0.2, 0.25) is 0 Å². The van der Waals surface area contributed by atoms with E-state index in [4.69, 9.17) is 10.5 Å². The van der Waals surface area contributed by atoms with E-state index in [1.165, 1.54) is 7.11 Å². The van der Waals surface area contributed by atoms with Crippen LogP contribution in [-0.2, 0) is 14.3 Å². The second kappa shape index (κ2) is 5.84. The van der Waals surface area contributed by atoms with Crippen molar-refractivity contribution in [2.45, 2.75) is 32.2 Å². The third kappa shape index (κ3) is 3.20. The number of carbonyl (C=O) groups excluding carboxylic acids is 2. The van der Waals surface area contributed by atoms with Crippen molar-refractivity contribution >= 4 is 11.9 Å². The van der Waals surface area contributed by atoms with Gasteiger partial charge in [-0.3, -0.25) is 14.5 Å². The van der Waals surface area contributed by atoms with Gasteiger partial charge in [0.15, 0.2) is 0 Å². The topological polar surface area (TPSA) is 72.6 Å². The van der Waals surface area contributed by atoms with Gasteiger partial charge in [0.25, 0.3) is 0 Å². The van der Waals surface area contributed by atoms with Crippen LogP contribution in [0.5, 0.6) is 0 Å². The number of amides is 1. The molecule has 1 unspecified atom stereocenters. The molecule has 1 aliphatic rings. The Labute approximate surface area is 95.9 Å². The highest BCUT2D eigenvalue weighted by Crippen LogP contribution is 2.19. The number of methoxy groups -OCH3 is 1.